The number of nitrogens with one attached hydrogen (secondary N) is 2. The van der Waals surface area contributed by atoms with E-state index in [4.69, 9.17) is 48.1 Å². The molecule has 1 unspecified atom stereocenters. The molecular formula is C47H51ClN2O7. The number of carbonyl (C=O) groups excluding carboxylic acids is 2. The minimum atomic E-state index is -0.749. The van der Waals surface area contributed by atoms with Crippen molar-refractivity contribution in [3.8, 4) is 59.5 Å². The minimum absolute atomic E-state index is 0.0595. The van der Waals surface area contributed by atoms with Crippen molar-refractivity contribution in [3.63, 3.8) is 0 Å². The number of rotatable bonds is 19. The molecule has 57 heavy (non-hydrogen) atoms. The molecule has 10 heteroatoms. The van der Waals surface area contributed by atoms with Gasteiger partial charge < -0.3 is 34.3 Å². The molecule has 298 valence electrons. The number of aryl methyl sites for hydroxylation is 1. The first-order valence-electron chi connectivity index (χ1n) is 18.7. The van der Waals surface area contributed by atoms with Gasteiger partial charge in [-0.2, -0.15) is 0 Å². The lowest BCUT2D eigenvalue weighted by atomic mass is 10.0. The van der Waals surface area contributed by atoms with E-state index in [9.17, 15) is 9.59 Å². The second-order valence-electron chi connectivity index (χ2n) is 12.4. The van der Waals surface area contributed by atoms with Crippen LogP contribution in [0.5, 0.6) is 23.0 Å². The number of methoxy groups -OCH3 is 2. The SMILES string of the molecule is C#CCOc1ccc(CCNC(=O)C(OCC#C)c2ccc(CC)cc2)cc1OC.CCCC(=O)NCCc1ccc(OCC#Cc2ccc(Cl)cc2)c(OC)c1. The van der Waals surface area contributed by atoms with Crippen molar-refractivity contribution in [2.24, 2.45) is 0 Å². The smallest absolute Gasteiger partial charge is 0.253 e. The van der Waals surface area contributed by atoms with Crippen LogP contribution in [0.3, 0.4) is 0 Å². The molecule has 0 aliphatic heterocycles. The van der Waals surface area contributed by atoms with E-state index >= 15 is 0 Å². The first-order valence-corrected chi connectivity index (χ1v) is 19.1. The maximum absolute atomic E-state index is 12.7. The molecule has 4 aromatic rings. The van der Waals surface area contributed by atoms with E-state index in [1.54, 1.807) is 32.4 Å². The van der Waals surface area contributed by atoms with Gasteiger partial charge in [0.1, 0.15) is 19.8 Å². The monoisotopic (exact) mass is 790 g/mol. The van der Waals surface area contributed by atoms with Crippen molar-refractivity contribution < 1.29 is 33.3 Å². The average molecular weight is 791 g/mol. The lowest BCUT2D eigenvalue weighted by Crippen LogP contribution is -2.32. The summed E-state index contributed by atoms with van der Waals surface area (Å²) in [4.78, 5) is 24.2. The number of hydrogen-bond donors (Lipinski definition) is 2. The standard InChI is InChI=1S/C25H27NO4.C22H24ClNO3/c1-5-16-29-22-13-10-20(18-23(22)28-4)14-15-26-25(27)24(30-17-6-2)21-11-8-19(7-3)9-12-21;1-3-5-22(25)24-14-13-18-9-12-20(21(16-18)26-2)27-15-4-6-17-7-10-19(23)11-8-17/h1-2,8-13,18,24H,7,14-17H2,3-4H3,(H,26,27);7-12,16H,3,5,13-15H2,1-2H3,(H,24,25). The Bertz CT molecular complexity index is 2010. The molecule has 0 saturated carbocycles. The van der Waals surface area contributed by atoms with Crippen molar-refractivity contribution in [2.45, 2.75) is 52.1 Å². The summed E-state index contributed by atoms with van der Waals surface area (Å²) in [5.74, 6) is 13.2. The quantitative estimate of drug-likeness (QED) is 0.0946. The summed E-state index contributed by atoms with van der Waals surface area (Å²) in [6.45, 7) is 5.60. The van der Waals surface area contributed by atoms with Crippen LogP contribution in [0, 0.1) is 36.5 Å². The number of amides is 2. The van der Waals surface area contributed by atoms with Gasteiger partial charge in [-0.05, 0) is 96.5 Å². The molecule has 0 heterocycles. The number of terminal acetylenes is 2. The predicted octanol–water partition coefficient (Wildman–Crippen LogP) is 7.56. The van der Waals surface area contributed by atoms with Gasteiger partial charge in [0.25, 0.3) is 5.91 Å². The first-order chi connectivity index (χ1) is 27.7. The second kappa shape index (κ2) is 25.9. The average Bonchev–Trinajstić information content (AvgIpc) is 3.23. The maximum atomic E-state index is 12.7. The first kappa shape index (κ1) is 45.3. The Labute approximate surface area is 342 Å². The molecule has 4 aromatic carbocycles. The molecule has 0 aliphatic rings. The Morgan fingerprint density at radius 3 is 1.81 bits per heavy atom. The molecule has 0 fully saturated rings. The minimum Gasteiger partial charge on any atom is -0.493 e. The van der Waals surface area contributed by atoms with Gasteiger partial charge in [0.2, 0.25) is 5.91 Å². The van der Waals surface area contributed by atoms with Crippen LogP contribution >= 0.6 is 11.6 Å². The fourth-order valence-electron chi connectivity index (χ4n) is 5.35. The zero-order valence-electron chi connectivity index (χ0n) is 33.1. The van der Waals surface area contributed by atoms with Crippen LogP contribution in [-0.2, 0) is 33.6 Å². The molecule has 0 aliphatic carbocycles. The number of ether oxygens (including phenoxy) is 5. The molecule has 0 spiro atoms. The van der Waals surface area contributed by atoms with Crippen LogP contribution in [0.25, 0.3) is 0 Å². The topological polar surface area (TPSA) is 104 Å². The highest BCUT2D eigenvalue weighted by Crippen LogP contribution is 2.29. The third-order valence-corrected chi connectivity index (χ3v) is 8.58. The normalized spacial score (nSPS) is 10.5. The van der Waals surface area contributed by atoms with Crippen LogP contribution in [0.15, 0.2) is 84.9 Å². The van der Waals surface area contributed by atoms with Gasteiger partial charge >= 0.3 is 0 Å². The summed E-state index contributed by atoms with van der Waals surface area (Å²) in [6.07, 6.45) is 13.5. The lowest BCUT2D eigenvalue weighted by Gasteiger charge is -2.17. The summed E-state index contributed by atoms with van der Waals surface area (Å²) in [5.41, 5.74) is 4.92. The maximum Gasteiger partial charge on any atom is 0.253 e. The molecule has 2 amide bonds. The summed E-state index contributed by atoms with van der Waals surface area (Å²) in [6, 6.07) is 26.5. The van der Waals surface area contributed by atoms with Crippen LogP contribution in [0.4, 0.5) is 0 Å². The number of carbonyl (C=O) groups is 2. The number of hydrogen-bond acceptors (Lipinski definition) is 7. The van der Waals surface area contributed by atoms with Gasteiger partial charge in [-0.25, -0.2) is 0 Å². The Morgan fingerprint density at radius 2 is 1.26 bits per heavy atom. The third-order valence-electron chi connectivity index (χ3n) is 8.33. The van der Waals surface area contributed by atoms with Gasteiger partial charge in [-0.3, -0.25) is 9.59 Å². The van der Waals surface area contributed by atoms with Crippen LogP contribution in [0.2, 0.25) is 5.02 Å². The molecule has 4 rings (SSSR count). The van der Waals surface area contributed by atoms with Crippen LogP contribution < -0.4 is 29.6 Å². The van der Waals surface area contributed by atoms with E-state index < -0.39 is 6.10 Å². The van der Waals surface area contributed by atoms with E-state index in [1.807, 2.05) is 73.7 Å². The fourth-order valence-corrected chi connectivity index (χ4v) is 5.47. The van der Waals surface area contributed by atoms with Crippen molar-refractivity contribution in [1.29, 1.82) is 0 Å². The van der Waals surface area contributed by atoms with Crippen LogP contribution in [0.1, 0.15) is 60.6 Å². The Hall–Kier alpha value is -6.05. The van der Waals surface area contributed by atoms with Crippen molar-refractivity contribution in [2.75, 3.05) is 47.1 Å². The largest absolute Gasteiger partial charge is 0.493 e. The molecule has 0 bridgehead atoms. The molecule has 1 atom stereocenters. The zero-order chi connectivity index (χ0) is 41.3. The van der Waals surface area contributed by atoms with Crippen molar-refractivity contribution >= 4 is 23.4 Å². The highest BCUT2D eigenvalue weighted by molar-refractivity contribution is 6.30. The molecule has 2 N–H and O–H groups in total. The van der Waals surface area contributed by atoms with Crippen molar-refractivity contribution in [1.82, 2.24) is 10.6 Å². The number of benzene rings is 4. The van der Waals surface area contributed by atoms with E-state index in [-0.39, 0.29) is 31.6 Å². The predicted molar refractivity (Wildman–Crippen MR) is 226 cm³/mol. The lowest BCUT2D eigenvalue weighted by molar-refractivity contribution is -0.132. The number of halogens is 1. The second-order valence-corrected chi connectivity index (χ2v) is 12.9. The molecule has 0 radical (unpaired) electrons. The van der Waals surface area contributed by atoms with E-state index in [0.29, 0.717) is 54.0 Å². The van der Waals surface area contributed by atoms with Crippen molar-refractivity contribution in [3.05, 3.63) is 118 Å². The molecular weight excluding hydrogens is 740 g/mol. The van der Waals surface area contributed by atoms with Gasteiger partial charge in [-0.15, -0.1) is 12.8 Å². The van der Waals surface area contributed by atoms with Gasteiger partial charge in [-0.1, -0.05) is 85.5 Å². The molecule has 9 nitrogen and oxygen atoms in total. The van der Waals surface area contributed by atoms with E-state index in [0.717, 1.165) is 41.5 Å². The highest BCUT2D eigenvalue weighted by atomic mass is 35.5. The fraction of sp³-hybridized carbons (Fsp3) is 0.319. The van der Waals surface area contributed by atoms with Crippen LogP contribution in [-0.4, -0.2) is 58.9 Å². The Kier molecular flexibility index (Phi) is 20.6. The van der Waals surface area contributed by atoms with Gasteiger partial charge in [0.05, 0.1) is 14.2 Å². The Balaban J connectivity index is 0.000000307. The zero-order valence-corrected chi connectivity index (χ0v) is 33.9. The molecule has 0 saturated heterocycles. The van der Waals surface area contributed by atoms with Gasteiger partial charge in [0.15, 0.2) is 29.1 Å². The van der Waals surface area contributed by atoms with Gasteiger partial charge in [0, 0.05) is 30.1 Å². The molecule has 0 aromatic heterocycles. The summed E-state index contributed by atoms with van der Waals surface area (Å²) in [5, 5.41) is 6.52. The summed E-state index contributed by atoms with van der Waals surface area (Å²) < 4.78 is 27.5. The van der Waals surface area contributed by atoms with E-state index in [2.05, 4.69) is 41.2 Å². The Morgan fingerprint density at radius 1 is 0.702 bits per heavy atom. The highest BCUT2D eigenvalue weighted by Gasteiger charge is 2.21. The summed E-state index contributed by atoms with van der Waals surface area (Å²) >= 11 is 5.85. The summed E-state index contributed by atoms with van der Waals surface area (Å²) in [7, 11) is 3.18. The van der Waals surface area contributed by atoms with E-state index in [1.165, 1.54) is 5.56 Å². The third kappa shape index (κ3) is 16.3.